The number of carbonyl (C=O) groups is 1. The van der Waals surface area contributed by atoms with Gasteiger partial charge in [0.05, 0.1) is 7.11 Å². The Hall–Kier alpha value is -2.35. The third-order valence-corrected chi connectivity index (χ3v) is 3.34. The van der Waals surface area contributed by atoms with Crippen molar-refractivity contribution in [2.45, 2.75) is 13.8 Å². The fourth-order valence-corrected chi connectivity index (χ4v) is 1.96. The first kappa shape index (κ1) is 14.1. The Labute approximate surface area is 119 Å². The SMILES string of the molecule is COc1ccccc1/C=C/C(=O)c1ccc(C)c(C)c1. The van der Waals surface area contributed by atoms with Crippen molar-refractivity contribution < 1.29 is 9.53 Å². The number of para-hydroxylation sites is 1. The van der Waals surface area contributed by atoms with Gasteiger partial charge in [0.1, 0.15) is 5.75 Å². The third-order valence-electron chi connectivity index (χ3n) is 3.34. The topological polar surface area (TPSA) is 26.3 Å². The second-order valence-electron chi connectivity index (χ2n) is 4.74. The highest BCUT2D eigenvalue weighted by molar-refractivity contribution is 6.07. The number of allylic oxidation sites excluding steroid dienone is 1. The van der Waals surface area contributed by atoms with Gasteiger partial charge in [-0.25, -0.2) is 0 Å². The maximum atomic E-state index is 12.2. The monoisotopic (exact) mass is 266 g/mol. The van der Waals surface area contributed by atoms with Crippen molar-refractivity contribution >= 4 is 11.9 Å². The van der Waals surface area contributed by atoms with Gasteiger partial charge in [0, 0.05) is 11.1 Å². The van der Waals surface area contributed by atoms with Gasteiger partial charge in [-0.2, -0.15) is 0 Å². The molecule has 0 aliphatic carbocycles. The molecular weight excluding hydrogens is 248 g/mol. The summed E-state index contributed by atoms with van der Waals surface area (Å²) in [5.41, 5.74) is 3.92. The zero-order valence-electron chi connectivity index (χ0n) is 12.0. The first-order valence-electron chi connectivity index (χ1n) is 6.54. The van der Waals surface area contributed by atoms with Gasteiger partial charge in [-0.05, 0) is 49.3 Å². The number of hydrogen-bond acceptors (Lipinski definition) is 2. The van der Waals surface area contributed by atoms with Gasteiger partial charge in [0.15, 0.2) is 5.78 Å². The van der Waals surface area contributed by atoms with Crippen molar-refractivity contribution in [1.29, 1.82) is 0 Å². The second kappa shape index (κ2) is 6.20. The lowest BCUT2D eigenvalue weighted by atomic mass is 10.0. The Morgan fingerprint density at radius 2 is 1.80 bits per heavy atom. The second-order valence-corrected chi connectivity index (χ2v) is 4.74. The summed E-state index contributed by atoms with van der Waals surface area (Å²) in [7, 11) is 1.62. The van der Waals surface area contributed by atoms with Gasteiger partial charge in [-0.15, -0.1) is 0 Å². The molecule has 0 fully saturated rings. The summed E-state index contributed by atoms with van der Waals surface area (Å²) in [6.45, 7) is 4.05. The first-order valence-corrected chi connectivity index (χ1v) is 6.54. The molecule has 0 radical (unpaired) electrons. The van der Waals surface area contributed by atoms with E-state index < -0.39 is 0 Å². The molecule has 2 rings (SSSR count). The van der Waals surface area contributed by atoms with Gasteiger partial charge < -0.3 is 4.74 Å². The molecule has 0 aliphatic rings. The van der Waals surface area contributed by atoms with E-state index in [1.54, 1.807) is 19.3 Å². The molecule has 0 unspecified atom stereocenters. The number of carbonyl (C=O) groups excluding carboxylic acids is 1. The van der Waals surface area contributed by atoms with E-state index in [1.807, 2.05) is 56.3 Å². The number of aryl methyl sites for hydroxylation is 2. The summed E-state index contributed by atoms with van der Waals surface area (Å²) in [5, 5.41) is 0. The third kappa shape index (κ3) is 3.15. The maximum Gasteiger partial charge on any atom is 0.185 e. The summed E-state index contributed by atoms with van der Waals surface area (Å²) < 4.78 is 5.26. The predicted molar refractivity (Wildman–Crippen MR) is 82.3 cm³/mol. The van der Waals surface area contributed by atoms with Crippen LogP contribution in [0.5, 0.6) is 5.75 Å². The molecule has 0 aromatic heterocycles. The van der Waals surface area contributed by atoms with Gasteiger partial charge in [0.2, 0.25) is 0 Å². The molecule has 0 amide bonds. The van der Waals surface area contributed by atoms with Crippen molar-refractivity contribution in [2.24, 2.45) is 0 Å². The van der Waals surface area contributed by atoms with Crippen LogP contribution in [0.25, 0.3) is 6.08 Å². The maximum absolute atomic E-state index is 12.2. The Kier molecular flexibility index (Phi) is 4.36. The van der Waals surface area contributed by atoms with E-state index in [0.717, 1.165) is 16.9 Å². The standard InChI is InChI=1S/C18H18O2/c1-13-8-9-16(12-14(13)2)17(19)11-10-15-6-4-5-7-18(15)20-3/h4-12H,1-3H3/b11-10+. The minimum Gasteiger partial charge on any atom is -0.496 e. The van der Waals surface area contributed by atoms with Crippen LogP contribution in [-0.2, 0) is 0 Å². The van der Waals surface area contributed by atoms with E-state index in [0.29, 0.717) is 5.56 Å². The highest BCUT2D eigenvalue weighted by Gasteiger charge is 2.04. The van der Waals surface area contributed by atoms with Gasteiger partial charge in [0.25, 0.3) is 0 Å². The largest absolute Gasteiger partial charge is 0.496 e. The summed E-state index contributed by atoms with van der Waals surface area (Å²) in [6, 6.07) is 13.4. The Bertz CT molecular complexity index is 654. The minimum absolute atomic E-state index is 0.000920. The van der Waals surface area contributed by atoms with Crippen LogP contribution in [0.15, 0.2) is 48.5 Å². The van der Waals surface area contributed by atoms with Crippen LogP contribution in [0.4, 0.5) is 0 Å². The van der Waals surface area contributed by atoms with E-state index in [4.69, 9.17) is 4.74 Å². The molecule has 20 heavy (non-hydrogen) atoms. The molecule has 0 saturated heterocycles. The van der Waals surface area contributed by atoms with Crippen molar-refractivity contribution in [3.8, 4) is 5.75 Å². The molecule has 2 aromatic rings. The van der Waals surface area contributed by atoms with E-state index in [9.17, 15) is 4.79 Å². The van der Waals surface area contributed by atoms with Gasteiger partial charge in [-0.3, -0.25) is 4.79 Å². The molecule has 2 nitrogen and oxygen atoms in total. The zero-order valence-corrected chi connectivity index (χ0v) is 12.0. The van der Waals surface area contributed by atoms with Crippen LogP contribution in [0.1, 0.15) is 27.0 Å². The van der Waals surface area contributed by atoms with Crippen molar-refractivity contribution in [3.63, 3.8) is 0 Å². The van der Waals surface area contributed by atoms with Crippen molar-refractivity contribution in [3.05, 3.63) is 70.8 Å². The molecule has 0 bridgehead atoms. The van der Waals surface area contributed by atoms with Gasteiger partial charge >= 0.3 is 0 Å². The predicted octanol–water partition coefficient (Wildman–Crippen LogP) is 4.21. The van der Waals surface area contributed by atoms with E-state index in [2.05, 4.69) is 0 Å². The van der Waals surface area contributed by atoms with Crippen LogP contribution < -0.4 is 4.74 Å². The molecule has 0 spiro atoms. The van der Waals surface area contributed by atoms with E-state index in [-0.39, 0.29) is 5.78 Å². The minimum atomic E-state index is -0.000920. The number of ether oxygens (including phenoxy) is 1. The molecule has 0 saturated carbocycles. The van der Waals surface area contributed by atoms with Crippen LogP contribution in [0.2, 0.25) is 0 Å². The number of benzene rings is 2. The lowest BCUT2D eigenvalue weighted by Gasteiger charge is -2.04. The van der Waals surface area contributed by atoms with Crippen LogP contribution in [0, 0.1) is 13.8 Å². The number of rotatable bonds is 4. The molecule has 0 atom stereocenters. The highest BCUT2D eigenvalue weighted by Crippen LogP contribution is 2.19. The van der Waals surface area contributed by atoms with Crippen LogP contribution in [0.3, 0.4) is 0 Å². The van der Waals surface area contributed by atoms with Crippen molar-refractivity contribution in [1.82, 2.24) is 0 Å². The fraction of sp³-hybridized carbons (Fsp3) is 0.167. The van der Waals surface area contributed by atoms with Crippen molar-refractivity contribution in [2.75, 3.05) is 7.11 Å². The van der Waals surface area contributed by atoms with Crippen LogP contribution in [-0.4, -0.2) is 12.9 Å². The fourth-order valence-electron chi connectivity index (χ4n) is 1.96. The lowest BCUT2D eigenvalue weighted by molar-refractivity contribution is 0.104. The van der Waals surface area contributed by atoms with E-state index in [1.165, 1.54) is 5.56 Å². The lowest BCUT2D eigenvalue weighted by Crippen LogP contribution is -1.96. The summed E-state index contributed by atoms with van der Waals surface area (Å²) in [6.07, 6.45) is 3.37. The molecule has 102 valence electrons. The normalized spacial score (nSPS) is 10.8. The summed E-state index contributed by atoms with van der Waals surface area (Å²) in [5.74, 6) is 0.760. The number of ketones is 1. The summed E-state index contributed by atoms with van der Waals surface area (Å²) in [4.78, 5) is 12.2. The molecule has 0 aliphatic heterocycles. The Morgan fingerprint density at radius 3 is 2.50 bits per heavy atom. The Morgan fingerprint density at radius 1 is 1.05 bits per heavy atom. The average molecular weight is 266 g/mol. The molecule has 0 N–H and O–H groups in total. The van der Waals surface area contributed by atoms with Gasteiger partial charge in [-0.1, -0.05) is 30.3 Å². The molecular formula is C18H18O2. The summed E-state index contributed by atoms with van der Waals surface area (Å²) >= 11 is 0. The molecule has 2 heteroatoms. The first-order chi connectivity index (χ1) is 9.61. The zero-order chi connectivity index (χ0) is 14.5. The van der Waals surface area contributed by atoms with Crippen LogP contribution >= 0.6 is 0 Å². The number of hydrogen-bond donors (Lipinski definition) is 0. The highest BCUT2D eigenvalue weighted by atomic mass is 16.5. The number of methoxy groups -OCH3 is 1. The quantitative estimate of drug-likeness (QED) is 0.612. The Balaban J connectivity index is 2.22. The van der Waals surface area contributed by atoms with E-state index >= 15 is 0 Å². The average Bonchev–Trinajstić information content (AvgIpc) is 2.47. The smallest absolute Gasteiger partial charge is 0.185 e. The molecule has 0 heterocycles. The molecule has 2 aromatic carbocycles.